The molecule has 0 N–H and O–H groups in total. The van der Waals surface area contributed by atoms with Crippen molar-refractivity contribution in [3.05, 3.63) is 0 Å². The third-order valence-electron chi connectivity index (χ3n) is 6.92. The van der Waals surface area contributed by atoms with Gasteiger partial charge in [0.2, 0.25) is 0 Å². The predicted molar refractivity (Wildman–Crippen MR) is 135 cm³/mol. The van der Waals surface area contributed by atoms with Crippen molar-refractivity contribution < 1.29 is 9.53 Å². The van der Waals surface area contributed by atoms with Gasteiger partial charge in [0.25, 0.3) is 0 Å². The smallest absolute Gasteiger partial charge is 0.410 e. The zero-order valence-electron chi connectivity index (χ0n) is 21.9. The molecule has 1 heterocycles. The van der Waals surface area contributed by atoms with Crippen LogP contribution in [0.2, 0.25) is 0 Å². The summed E-state index contributed by atoms with van der Waals surface area (Å²) < 4.78 is 5.54. The van der Waals surface area contributed by atoms with Gasteiger partial charge in [-0.05, 0) is 45.4 Å². The molecule has 184 valence electrons. The minimum atomic E-state index is -0.393. The van der Waals surface area contributed by atoms with Gasteiger partial charge in [-0.25, -0.2) is 4.79 Å². The van der Waals surface area contributed by atoms with E-state index in [0.29, 0.717) is 0 Å². The van der Waals surface area contributed by atoms with E-state index in [4.69, 9.17) is 4.74 Å². The zero-order chi connectivity index (χ0) is 23.0. The van der Waals surface area contributed by atoms with Gasteiger partial charge in [0.1, 0.15) is 5.60 Å². The highest BCUT2D eigenvalue weighted by Gasteiger charge is 2.26. The lowest BCUT2D eigenvalue weighted by Crippen LogP contribution is -2.41. The fraction of sp³-hybridized carbons (Fsp3) is 0.964. The van der Waals surface area contributed by atoms with Crippen molar-refractivity contribution in [1.29, 1.82) is 0 Å². The number of hydrogen-bond donors (Lipinski definition) is 0. The van der Waals surface area contributed by atoms with Gasteiger partial charge in [0.15, 0.2) is 0 Å². The third-order valence-corrected chi connectivity index (χ3v) is 6.92. The summed E-state index contributed by atoms with van der Waals surface area (Å²) in [5, 5.41) is 0. The topological polar surface area (TPSA) is 29.5 Å². The molecule has 0 aromatic carbocycles. The van der Waals surface area contributed by atoms with Crippen molar-refractivity contribution in [3.63, 3.8) is 0 Å². The Morgan fingerprint density at radius 3 is 1.84 bits per heavy atom. The minimum Gasteiger partial charge on any atom is -0.444 e. The number of likely N-dealkylation sites (tertiary alicyclic amines) is 1. The molecule has 1 aliphatic rings. The highest BCUT2D eigenvalue weighted by atomic mass is 16.6. The second-order valence-electron chi connectivity index (χ2n) is 11.1. The average Bonchev–Trinajstić information content (AvgIpc) is 2.72. The number of rotatable bonds is 16. The van der Waals surface area contributed by atoms with E-state index in [1.54, 1.807) is 0 Å². The van der Waals surface area contributed by atoms with Crippen LogP contribution in [0.4, 0.5) is 4.79 Å². The average molecular weight is 438 g/mol. The molecule has 1 saturated heterocycles. The molecule has 1 fully saturated rings. The summed E-state index contributed by atoms with van der Waals surface area (Å²) in [7, 11) is 0. The molecular formula is C28H55NO2. The molecular weight excluding hydrogens is 382 g/mol. The third kappa shape index (κ3) is 14.9. The maximum atomic E-state index is 12.3. The molecule has 0 aromatic heterocycles. The van der Waals surface area contributed by atoms with Crippen molar-refractivity contribution in [2.24, 2.45) is 11.8 Å². The number of piperidine rings is 1. The number of nitrogens with zero attached hydrogens (tertiary/aromatic N) is 1. The van der Waals surface area contributed by atoms with E-state index in [1.807, 2.05) is 25.7 Å². The minimum absolute atomic E-state index is 0.128. The maximum absolute atomic E-state index is 12.3. The lowest BCUT2D eigenvalue weighted by molar-refractivity contribution is 0.0180. The Balaban J connectivity index is 2.25. The quantitative estimate of drug-likeness (QED) is 0.225. The van der Waals surface area contributed by atoms with Crippen LogP contribution in [0.5, 0.6) is 0 Å². The highest BCUT2D eigenvalue weighted by Crippen LogP contribution is 2.28. The monoisotopic (exact) mass is 437 g/mol. The molecule has 0 aromatic rings. The molecule has 0 aliphatic carbocycles. The van der Waals surface area contributed by atoms with Crippen LogP contribution in [0.25, 0.3) is 0 Å². The van der Waals surface area contributed by atoms with Gasteiger partial charge < -0.3 is 9.64 Å². The van der Waals surface area contributed by atoms with Gasteiger partial charge in [-0.2, -0.15) is 0 Å². The Labute approximate surface area is 195 Å². The van der Waals surface area contributed by atoms with E-state index in [2.05, 4.69) is 13.8 Å². The summed E-state index contributed by atoms with van der Waals surface area (Å²) in [6.45, 7) is 12.2. The standard InChI is InChI=1S/C28H55NO2/c1-6-8-10-12-13-15-18-25(17-14-11-9-7-2)19-16-20-26-21-23-29(24-22-26)27(30)31-28(3,4)5/h25-26H,6-24H2,1-5H3. The first kappa shape index (κ1) is 28.3. The SMILES string of the molecule is CCCCCCCCC(CCCCCC)CCCC1CCN(C(=O)OC(C)(C)C)CC1. The lowest BCUT2D eigenvalue weighted by atomic mass is 9.86. The maximum Gasteiger partial charge on any atom is 0.410 e. The first-order chi connectivity index (χ1) is 14.9. The van der Waals surface area contributed by atoms with E-state index in [0.717, 1.165) is 37.8 Å². The fourth-order valence-corrected chi connectivity index (χ4v) is 4.93. The normalized spacial score (nSPS) is 16.5. The van der Waals surface area contributed by atoms with E-state index < -0.39 is 5.60 Å². The van der Waals surface area contributed by atoms with Crippen LogP contribution in [-0.4, -0.2) is 29.7 Å². The van der Waals surface area contributed by atoms with Gasteiger partial charge in [-0.1, -0.05) is 110 Å². The van der Waals surface area contributed by atoms with E-state index in [1.165, 1.54) is 96.3 Å². The van der Waals surface area contributed by atoms with Crippen LogP contribution in [0.3, 0.4) is 0 Å². The zero-order valence-corrected chi connectivity index (χ0v) is 21.9. The van der Waals surface area contributed by atoms with Crippen LogP contribution in [0.1, 0.15) is 144 Å². The molecule has 1 unspecified atom stereocenters. The lowest BCUT2D eigenvalue weighted by Gasteiger charge is -2.33. The first-order valence-electron chi connectivity index (χ1n) is 13.8. The van der Waals surface area contributed by atoms with Gasteiger partial charge >= 0.3 is 6.09 Å². The van der Waals surface area contributed by atoms with Crippen molar-refractivity contribution in [3.8, 4) is 0 Å². The predicted octanol–water partition coefficient (Wildman–Crippen LogP) is 9.14. The molecule has 0 saturated carbocycles. The molecule has 3 nitrogen and oxygen atoms in total. The second-order valence-corrected chi connectivity index (χ2v) is 11.1. The van der Waals surface area contributed by atoms with Gasteiger partial charge in [-0.15, -0.1) is 0 Å². The summed E-state index contributed by atoms with van der Waals surface area (Å²) in [6.07, 6.45) is 23.3. The van der Waals surface area contributed by atoms with E-state index >= 15 is 0 Å². The molecule has 1 aliphatic heterocycles. The fourth-order valence-electron chi connectivity index (χ4n) is 4.93. The highest BCUT2D eigenvalue weighted by molar-refractivity contribution is 5.68. The van der Waals surface area contributed by atoms with Gasteiger partial charge in [-0.3, -0.25) is 0 Å². The summed E-state index contributed by atoms with van der Waals surface area (Å²) in [6, 6.07) is 0. The number of ether oxygens (including phenoxy) is 1. The Kier molecular flexibility index (Phi) is 15.4. The molecule has 0 radical (unpaired) electrons. The van der Waals surface area contributed by atoms with Crippen LogP contribution < -0.4 is 0 Å². The van der Waals surface area contributed by atoms with Gasteiger partial charge in [0.05, 0.1) is 0 Å². The Morgan fingerprint density at radius 1 is 0.806 bits per heavy atom. The summed E-state index contributed by atoms with van der Waals surface area (Å²) in [5.74, 6) is 1.75. The number of unbranched alkanes of at least 4 members (excludes halogenated alkanes) is 8. The summed E-state index contributed by atoms with van der Waals surface area (Å²) >= 11 is 0. The summed E-state index contributed by atoms with van der Waals surface area (Å²) in [4.78, 5) is 14.2. The van der Waals surface area contributed by atoms with E-state index in [9.17, 15) is 4.79 Å². The van der Waals surface area contributed by atoms with Crippen molar-refractivity contribution in [2.75, 3.05) is 13.1 Å². The molecule has 1 rings (SSSR count). The van der Waals surface area contributed by atoms with Crippen LogP contribution in [0.15, 0.2) is 0 Å². The van der Waals surface area contributed by atoms with Crippen molar-refractivity contribution in [2.45, 2.75) is 149 Å². The molecule has 1 atom stereocenters. The van der Waals surface area contributed by atoms with E-state index in [-0.39, 0.29) is 6.09 Å². The van der Waals surface area contributed by atoms with Crippen molar-refractivity contribution in [1.82, 2.24) is 4.90 Å². The molecule has 0 bridgehead atoms. The second kappa shape index (κ2) is 16.8. The molecule has 0 spiro atoms. The molecule has 1 amide bonds. The van der Waals surface area contributed by atoms with Gasteiger partial charge in [0, 0.05) is 13.1 Å². The number of amides is 1. The largest absolute Gasteiger partial charge is 0.444 e. The summed E-state index contributed by atoms with van der Waals surface area (Å²) in [5.41, 5.74) is -0.393. The number of carbonyl (C=O) groups is 1. The first-order valence-corrected chi connectivity index (χ1v) is 13.8. The Hall–Kier alpha value is -0.730. The van der Waals surface area contributed by atoms with Crippen LogP contribution >= 0.6 is 0 Å². The number of carbonyl (C=O) groups excluding carboxylic acids is 1. The Morgan fingerprint density at radius 2 is 1.29 bits per heavy atom. The Bertz CT molecular complexity index is 435. The molecule has 31 heavy (non-hydrogen) atoms. The van der Waals surface area contributed by atoms with Crippen LogP contribution in [-0.2, 0) is 4.74 Å². The van der Waals surface area contributed by atoms with Crippen molar-refractivity contribution >= 4 is 6.09 Å². The van der Waals surface area contributed by atoms with Crippen LogP contribution in [0, 0.1) is 11.8 Å². The number of hydrogen-bond acceptors (Lipinski definition) is 2. The molecule has 3 heteroatoms.